The van der Waals surface area contributed by atoms with Crippen LogP contribution >= 0.6 is 23.2 Å². The molecule has 6 unspecified atom stereocenters. The van der Waals surface area contributed by atoms with Crippen molar-refractivity contribution in [1.29, 1.82) is 0 Å². The van der Waals surface area contributed by atoms with Crippen LogP contribution in [0.1, 0.15) is 24.3 Å². The summed E-state index contributed by atoms with van der Waals surface area (Å²) in [5.74, 6) is -5.18. The first-order chi connectivity index (χ1) is 22.4. The number of carbonyl (C=O) groups is 4. The van der Waals surface area contributed by atoms with Crippen molar-refractivity contribution >= 4 is 69.6 Å². The Morgan fingerprint density at radius 2 is 1.49 bits per heavy atom. The summed E-state index contributed by atoms with van der Waals surface area (Å²) >= 11 is 14.3. The van der Waals surface area contributed by atoms with Crippen LogP contribution in [0.3, 0.4) is 0 Å². The van der Waals surface area contributed by atoms with Crippen molar-refractivity contribution < 1.29 is 24.3 Å². The van der Waals surface area contributed by atoms with Gasteiger partial charge < -0.3 is 10.0 Å². The molecule has 2 heterocycles. The number of allylic oxidation sites excluding steroid dienone is 2. The van der Waals surface area contributed by atoms with Crippen LogP contribution < -0.4 is 9.80 Å². The maximum Gasteiger partial charge on any atom is 0.253 e. The van der Waals surface area contributed by atoms with Crippen LogP contribution in [0.15, 0.2) is 94.7 Å². The number of azo groups is 1. The lowest BCUT2D eigenvalue weighted by atomic mass is 9.56. The monoisotopic (exact) mass is 671 g/mol. The number of hydrogen-bond acceptors (Lipinski definition) is 8. The summed E-state index contributed by atoms with van der Waals surface area (Å²) in [5, 5.41) is 18.9. The van der Waals surface area contributed by atoms with E-state index in [0.717, 1.165) is 10.6 Å². The zero-order valence-electron chi connectivity index (χ0n) is 25.8. The molecule has 4 amide bonds. The van der Waals surface area contributed by atoms with Gasteiger partial charge in [-0.25, -0.2) is 0 Å². The summed E-state index contributed by atoms with van der Waals surface area (Å²) < 4.78 is 0. The fraction of sp³-hybridized carbons (Fsp3) is 0.314. The summed E-state index contributed by atoms with van der Waals surface area (Å²) in [6.45, 7) is 0. The van der Waals surface area contributed by atoms with Crippen LogP contribution in [0.25, 0.3) is 0 Å². The number of halogens is 2. The third kappa shape index (κ3) is 4.52. The molecule has 4 aliphatic rings. The van der Waals surface area contributed by atoms with E-state index in [2.05, 4.69) is 10.2 Å². The SMILES string of the molecule is CN1C(=O)C2(Cl)CC3C(=CCC4C(=O)N(c5ccc(N=Nc6ccc(N(C)C)cc6)cc5)C(=O)C43)C(c3cccc(O)c3)C2(Cl)C1=O. The van der Waals surface area contributed by atoms with Gasteiger partial charge in [0.05, 0.1) is 28.9 Å². The molecule has 0 aromatic heterocycles. The molecular formula is C35H31Cl2N5O5. The normalized spacial score (nSPS) is 30.0. The van der Waals surface area contributed by atoms with Gasteiger partial charge in [0.25, 0.3) is 11.8 Å². The van der Waals surface area contributed by atoms with E-state index in [0.29, 0.717) is 28.2 Å². The highest BCUT2D eigenvalue weighted by Gasteiger charge is 2.75. The van der Waals surface area contributed by atoms with E-state index in [1.54, 1.807) is 36.4 Å². The smallest absolute Gasteiger partial charge is 0.253 e. The lowest BCUT2D eigenvalue weighted by Gasteiger charge is -2.50. The maximum atomic E-state index is 14.2. The Hall–Kier alpha value is -4.54. The van der Waals surface area contributed by atoms with E-state index < -0.39 is 51.1 Å². The molecule has 7 rings (SSSR count). The fourth-order valence-corrected chi connectivity index (χ4v) is 8.70. The van der Waals surface area contributed by atoms with Crippen molar-refractivity contribution in [1.82, 2.24) is 4.90 Å². The number of amides is 4. The molecule has 2 aliphatic heterocycles. The number of imide groups is 2. The largest absolute Gasteiger partial charge is 0.508 e. The number of rotatable bonds is 5. The van der Waals surface area contributed by atoms with Gasteiger partial charge in [-0.1, -0.05) is 23.8 Å². The number of nitrogens with zero attached hydrogens (tertiary/aromatic N) is 5. The van der Waals surface area contributed by atoms with Crippen molar-refractivity contribution in [2.75, 3.05) is 30.9 Å². The standard InChI is InChI=1S/C35H31Cl2N5O5/c1-40(2)22-11-7-20(8-12-22)38-39-21-9-13-23(14-10-21)42-30(44)26-16-15-25-27(28(26)31(42)45)18-34(36)32(46)41(3)33(47)35(34,37)29(25)19-5-4-6-24(43)17-19/h4-15,17,26-29,43H,16,18H2,1-3H3. The second kappa shape index (κ2) is 11.0. The lowest BCUT2D eigenvalue weighted by molar-refractivity contribution is -0.138. The molecule has 240 valence electrons. The molecule has 47 heavy (non-hydrogen) atoms. The molecule has 2 aliphatic carbocycles. The van der Waals surface area contributed by atoms with Gasteiger partial charge >= 0.3 is 0 Å². The summed E-state index contributed by atoms with van der Waals surface area (Å²) in [6.07, 6.45) is 2.00. The van der Waals surface area contributed by atoms with Crippen molar-refractivity contribution in [3.63, 3.8) is 0 Å². The second-order valence-corrected chi connectivity index (χ2v) is 14.0. The highest BCUT2D eigenvalue weighted by atomic mass is 35.5. The highest BCUT2D eigenvalue weighted by molar-refractivity contribution is 6.53. The minimum absolute atomic E-state index is 0.0482. The molecule has 1 saturated carbocycles. The summed E-state index contributed by atoms with van der Waals surface area (Å²) in [7, 11) is 5.25. The van der Waals surface area contributed by atoms with Crippen LogP contribution in [0.2, 0.25) is 0 Å². The van der Waals surface area contributed by atoms with E-state index in [-0.39, 0.29) is 24.5 Å². The minimum atomic E-state index is -1.90. The Morgan fingerprint density at radius 3 is 2.11 bits per heavy atom. The van der Waals surface area contributed by atoms with E-state index in [4.69, 9.17) is 23.2 Å². The molecule has 12 heteroatoms. The Morgan fingerprint density at radius 1 is 0.851 bits per heavy atom. The van der Waals surface area contributed by atoms with Gasteiger partial charge in [0.1, 0.15) is 5.75 Å². The molecule has 0 spiro atoms. The number of carbonyl (C=O) groups excluding carboxylic acids is 4. The van der Waals surface area contributed by atoms with E-state index in [9.17, 15) is 24.3 Å². The number of phenolic OH excluding ortho intramolecular Hbond substituents is 1. The average molecular weight is 673 g/mol. The number of hydrogen-bond donors (Lipinski definition) is 1. The molecule has 0 bridgehead atoms. The van der Waals surface area contributed by atoms with Crippen molar-refractivity contribution in [2.24, 2.45) is 28.0 Å². The van der Waals surface area contributed by atoms with Crippen LogP contribution in [-0.2, 0) is 19.2 Å². The lowest BCUT2D eigenvalue weighted by Crippen LogP contribution is -2.60. The molecule has 10 nitrogen and oxygen atoms in total. The van der Waals surface area contributed by atoms with Gasteiger partial charge in [0, 0.05) is 32.7 Å². The number of benzene rings is 3. The molecule has 3 fully saturated rings. The van der Waals surface area contributed by atoms with Crippen LogP contribution in [0, 0.1) is 17.8 Å². The summed E-state index contributed by atoms with van der Waals surface area (Å²) in [6, 6.07) is 20.6. The molecular weight excluding hydrogens is 641 g/mol. The predicted molar refractivity (Wildman–Crippen MR) is 177 cm³/mol. The predicted octanol–water partition coefficient (Wildman–Crippen LogP) is 6.07. The first-order valence-electron chi connectivity index (χ1n) is 15.2. The molecule has 1 N–H and O–H groups in total. The number of likely N-dealkylation sites (tertiary alicyclic amines) is 1. The first kappa shape index (κ1) is 31.1. The number of phenols is 1. The number of anilines is 2. The molecule has 3 aromatic carbocycles. The zero-order valence-corrected chi connectivity index (χ0v) is 27.3. The third-order valence-corrected chi connectivity index (χ3v) is 11.4. The quantitative estimate of drug-likeness (QED) is 0.152. The average Bonchev–Trinajstić information content (AvgIpc) is 3.39. The summed E-state index contributed by atoms with van der Waals surface area (Å²) in [5.41, 5.74) is 3.81. The van der Waals surface area contributed by atoms with E-state index >= 15 is 0 Å². The number of aromatic hydroxyl groups is 1. The van der Waals surface area contributed by atoms with Gasteiger partial charge in [-0.05, 0) is 85.0 Å². The Balaban J connectivity index is 1.20. The van der Waals surface area contributed by atoms with E-state index in [1.807, 2.05) is 49.3 Å². The zero-order chi connectivity index (χ0) is 33.4. The van der Waals surface area contributed by atoms with Crippen LogP contribution in [-0.4, -0.2) is 64.5 Å². The highest BCUT2D eigenvalue weighted by Crippen LogP contribution is 2.65. The van der Waals surface area contributed by atoms with Crippen molar-refractivity contribution in [3.05, 3.63) is 90.0 Å². The molecule has 6 atom stereocenters. The Kier molecular flexibility index (Phi) is 7.29. The maximum absolute atomic E-state index is 14.2. The number of fused-ring (bicyclic) bond motifs is 4. The third-order valence-electron chi connectivity index (χ3n) is 9.97. The van der Waals surface area contributed by atoms with E-state index in [1.165, 1.54) is 24.1 Å². The Bertz CT molecular complexity index is 1890. The summed E-state index contributed by atoms with van der Waals surface area (Å²) in [4.78, 5) is 55.6. The van der Waals surface area contributed by atoms with Crippen LogP contribution in [0.5, 0.6) is 5.75 Å². The molecule has 3 aromatic rings. The van der Waals surface area contributed by atoms with Gasteiger partial charge in [-0.2, -0.15) is 10.2 Å². The molecule has 2 saturated heterocycles. The van der Waals surface area contributed by atoms with Crippen molar-refractivity contribution in [2.45, 2.75) is 28.5 Å². The first-order valence-corrected chi connectivity index (χ1v) is 16.0. The van der Waals surface area contributed by atoms with Gasteiger partial charge in [-0.3, -0.25) is 29.0 Å². The van der Waals surface area contributed by atoms with Crippen molar-refractivity contribution in [3.8, 4) is 5.75 Å². The van der Waals surface area contributed by atoms with Gasteiger partial charge in [-0.15, -0.1) is 23.2 Å². The van der Waals surface area contributed by atoms with Gasteiger partial charge in [0.2, 0.25) is 11.8 Å². The molecule has 0 radical (unpaired) electrons. The van der Waals surface area contributed by atoms with Crippen LogP contribution in [0.4, 0.5) is 22.7 Å². The topological polar surface area (TPSA) is 123 Å². The van der Waals surface area contributed by atoms with Gasteiger partial charge in [0.15, 0.2) is 9.75 Å². The second-order valence-electron chi connectivity index (χ2n) is 12.7. The fourth-order valence-electron chi connectivity index (χ4n) is 7.68. The minimum Gasteiger partial charge on any atom is -0.508 e. The Labute approximate surface area is 281 Å². The number of alkyl halides is 2.